The molecule has 0 fully saturated rings. The fraction of sp³-hybridized carbons (Fsp3) is 0.312. The summed E-state index contributed by atoms with van der Waals surface area (Å²) in [7, 11) is 1.21. The van der Waals surface area contributed by atoms with E-state index in [2.05, 4.69) is 10.1 Å². The molecule has 0 saturated heterocycles. The molecule has 0 aromatic heterocycles. The van der Waals surface area contributed by atoms with Crippen LogP contribution in [0.2, 0.25) is 0 Å². The van der Waals surface area contributed by atoms with Crippen molar-refractivity contribution in [2.24, 2.45) is 0 Å². The molecule has 1 rings (SSSR count). The van der Waals surface area contributed by atoms with E-state index in [1.165, 1.54) is 13.3 Å². The Bertz CT molecular complexity index is 596. The minimum Gasteiger partial charge on any atom is -0.465 e. The van der Waals surface area contributed by atoms with Gasteiger partial charge in [-0.3, -0.25) is 4.79 Å². The van der Waals surface area contributed by atoms with Crippen molar-refractivity contribution < 1.29 is 14.3 Å². The summed E-state index contributed by atoms with van der Waals surface area (Å²) in [6.07, 6.45) is 1.27. The van der Waals surface area contributed by atoms with E-state index in [1.807, 2.05) is 13.8 Å². The number of hydrogen-bond donors (Lipinski definition) is 1. The second-order valence-electron chi connectivity index (χ2n) is 4.36. The molecule has 6 nitrogen and oxygen atoms in total. The molecule has 0 aliphatic carbocycles. The zero-order valence-corrected chi connectivity index (χ0v) is 12.9. The number of nitriles is 1. The Morgan fingerprint density at radius 1 is 1.27 bits per heavy atom. The van der Waals surface area contributed by atoms with E-state index in [9.17, 15) is 9.59 Å². The summed E-state index contributed by atoms with van der Waals surface area (Å²) < 4.78 is 4.47. The fourth-order valence-electron chi connectivity index (χ4n) is 1.80. The van der Waals surface area contributed by atoms with Crippen LogP contribution in [0.4, 0.5) is 5.69 Å². The van der Waals surface area contributed by atoms with Crippen LogP contribution in [0.3, 0.4) is 0 Å². The SMILES string of the molecule is CCN(CC)C(=O)c1ccc(N/C=C(\C#N)C(=O)OC)cc1. The molecule has 1 aromatic carbocycles. The molecule has 1 amide bonds. The molecular weight excluding hydrogens is 282 g/mol. The number of nitrogens with zero attached hydrogens (tertiary/aromatic N) is 2. The molecular formula is C16H19N3O3. The molecule has 0 aliphatic heterocycles. The van der Waals surface area contributed by atoms with Gasteiger partial charge in [-0.25, -0.2) is 4.79 Å². The molecule has 1 aromatic rings. The predicted octanol–water partition coefficient (Wildman–Crippen LogP) is 2.16. The number of nitrogens with one attached hydrogen (secondary N) is 1. The molecule has 1 N–H and O–H groups in total. The average molecular weight is 301 g/mol. The van der Waals surface area contributed by atoms with Crippen LogP contribution >= 0.6 is 0 Å². The van der Waals surface area contributed by atoms with Crippen LogP contribution in [0.1, 0.15) is 24.2 Å². The predicted molar refractivity (Wildman–Crippen MR) is 83.0 cm³/mol. The molecule has 0 heterocycles. The maximum absolute atomic E-state index is 12.1. The normalized spacial score (nSPS) is 10.5. The first-order chi connectivity index (χ1) is 10.6. The van der Waals surface area contributed by atoms with Gasteiger partial charge in [0.1, 0.15) is 6.07 Å². The van der Waals surface area contributed by atoms with Crippen LogP contribution in [-0.2, 0) is 9.53 Å². The van der Waals surface area contributed by atoms with Gasteiger partial charge < -0.3 is 15.0 Å². The highest BCUT2D eigenvalue weighted by molar-refractivity contribution is 5.95. The Morgan fingerprint density at radius 2 is 1.86 bits per heavy atom. The lowest BCUT2D eigenvalue weighted by molar-refractivity contribution is -0.135. The Labute approximate surface area is 130 Å². The first-order valence-corrected chi connectivity index (χ1v) is 6.91. The number of ether oxygens (including phenoxy) is 1. The molecule has 116 valence electrons. The van der Waals surface area contributed by atoms with E-state index in [-0.39, 0.29) is 11.5 Å². The third-order valence-corrected chi connectivity index (χ3v) is 3.09. The highest BCUT2D eigenvalue weighted by Crippen LogP contribution is 2.12. The topological polar surface area (TPSA) is 82.4 Å². The second-order valence-corrected chi connectivity index (χ2v) is 4.36. The van der Waals surface area contributed by atoms with E-state index in [0.717, 1.165) is 0 Å². The third-order valence-electron chi connectivity index (χ3n) is 3.09. The number of rotatable bonds is 6. The molecule has 0 radical (unpaired) electrons. The monoisotopic (exact) mass is 301 g/mol. The van der Waals surface area contributed by atoms with Gasteiger partial charge in [0.2, 0.25) is 0 Å². The lowest BCUT2D eigenvalue weighted by atomic mass is 10.1. The summed E-state index contributed by atoms with van der Waals surface area (Å²) in [4.78, 5) is 25.1. The van der Waals surface area contributed by atoms with Gasteiger partial charge in [0, 0.05) is 30.5 Å². The van der Waals surface area contributed by atoms with E-state index >= 15 is 0 Å². The number of carbonyl (C=O) groups is 2. The van der Waals surface area contributed by atoms with Gasteiger partial charge in [0.05, 0.1) is 7.11 Å². The van der Waals surface area contributed by atoms with Gasteiger partial charge >= 0.3 is 5.97 Å². The Kier molecular flexibility index (Phi) is 6.64. The maximum Gasteiger partial charge on any atom is 0.350 e. The van der Waals surface area contributed by atoms with E-state index < -0.39 is 5.97 Å². The molecule has 0 aliphatic rings. The van der Waals surface area contributed by atoms with Crippen molar-refractivity contribution in [1.29, 1.82) is 5.26 Å². The van der Waals surface area contributed by atoms with Crippen LogP contribution in [-0.4, -0.2) is 37.0 Å². The van der Waals surface area contributed by atoms with Gasteiger partial charge in [0.15, 0.2) is 5.57 Å². The largest absolute Gasteiger partial charge is 0.465 e. The van der Waals surface area contributed by atoms with Gasteiger partial charge in [0.25, 0.3) is 5.91 Å². The quantitative estimate of drug-likeness (QED) is 0.494. The molecule has 6 heteroatoms. The van der Waals surface area contributed by atoms with Gasteiger partial charge in [-0.1, -0.05) is 0 Å². The van der Waals surface area contributed by atoms with Gasteiger partial charge in [-0.05, 0) is 38.1 Å². The van der Waals surface area contributed by atoms with E-state index in [0.29, 0.717) is 24.3 Å². The first kappa shape index (κ1) is 17.2. The van der Waals surface area contributed by atoms with Crippen molar-refractivity contribution >= 4 is 17.6 Å². The Morgan fingerprint density at radius 3 is 2.32 bits per heavy atom. The van der Waals surface area contributed by atoms with Crippen LogP contribution in [0.5, 0.6) is 0 Å². The smallest absolute Gasteiger partial charge is 0.350 e. The molecule has 0 saturated carbocycles. The van der Waals surface area contributed by atoms with Gasteiger partial charge in [-0.2, -0.15) is 5.26 Å². The van der Waals surface area contributed by atoms with Gasteiger partial charge in [-0.15, -0.1) is 0 Å². The second kappa shape index (κ2) is 8.47. The number of methoxy groups -OCH3 is 1. The zero-order valence-electron chi connectivity index (χ0n) is 12.9. The number of anilines is 1. The van der Waals surface area contributed by atoms with Crippen molar-refractivity contribution in [3.05, 3.63) is 41.6 Å². The standard InChI is InChI=1S/C16H19N3O3/c1-4-19(5-2)15(20)12-6-8-14(9-7-12)18-11-13(10-17)16(21)22-3/h6-9,11,18H,4-5H2,1-3H3/b13-11+. The number of carbonyl (C=O) groups excluding carboxylic acids is 2. The summed E-state index contributed by atoms with van der Waals surface area (Å²) in [5.41, 5.74) is 1.12. The molecule has 0 spiro atoms. The summed E-state index contributed by atoms with van der Waals surface area (Å²) in [6, 6.07) is 8.55. The lowest BCUT2D eigenvalue weighted by Crippen LogP contribution is -2.30. The summed E-state index contributed by atoms with van der Waals surface area (Å²) in [5.74, 6) is -0.734. The number of amides is 1. The van der Waals surface area contributed by atoms with Crippen molar-refractivity contribution in [3.8, 4) is 6.07 Å². The number of hydrogen-bond acceptors (Lipinski definition) is 5. The molecule has 0 atom stereocenters. The van der Waals surface area contributed by atoms with Crippen LogP contribution in [0, 0.1) is 11.3 Å². The summed E-state index contributed by atoms with van der Waals surface area (Å²) >= 11 is 0. The Balaban J connectivity index is 2.82. The molecule has 0 unspecified atom stereocenters. The number of esters is 1. The zero-order chi connectivity index (χ0) is 16.5. The lowest BCUT2D eigenvalue weighted by Gasteiger charge is -2.18. The minimum absolute atomic E-state index is 0.0284. The first-order valence-electron chi connectivity index (χ1n) is 6.91. The van der Waals surface area contributed by atoms with E-state index in [4.69, 9.17) is 5.26 Å². The molecule has 0 bridgehead atoms. The fourth-order valence-corrected chi connectivity index (χ4v) is 1.80. The average Bonchev–Trinajstić information content (AvgIpc) is 2.56. The highest BCUT2D eigenvalue weighted by atomic mass is 16.5. The third kappa shape index (κ3) is 4.35. The Hall–Kier alpha value is -2.81. The van der Waals surface area contributed by atoms with E-state index in [1.54, 1.807) is 35.2 Å². The highest BCUT2D eigenvalue weighted by Gasteiger charge is 2.12. The number of benzene rings is 1. The van der Waals surface area contributed by atoms with Crippen LogP contribution < -0.4 is 5.32 Å². The van der Waals surface area contributed by atoms with Crippen LogP contribution in [0.25, 0.3) is 0 Å². The van der Waals surface area contributed by atoms with Crippen molar-refractivity contribution in [3.63, 3.8) is 0 Å². The van der Waals surface area contributed by atoms with Crippen LogP contribution in [0.15, 0.2) is 36.0 Å². The summed E-state index contributed by atoms with van der Waals surface area (Å²) in [5, 5.41) is 11.7. The maximum atomic E-state index is 12.1. The summed E-state index contributed by atoms with van der Waals surface area (Å²) in [6.45, 7) is 5.17. The van der Waals surface area contributed by atoms with Crippen molar-refractivity contribution in [2.75, 3.05) is 25.5 Å². The minimum atomic E-state index is -0.705. The molecule has 22 heavy (non-hydrogen) atoms. The van der Waals surface area contributed by atoms with Crippen molar-refractivity contribution in [2.45, 2.75) is 13.8 Å². The van der Waals surface area contributed by atoms with Crippen molar-refractivity contribution in [1.82, 2.24) is 4.90 Å².